The molecule has 1 aromatic carbocycles. The van der Waals surface area contributed by atoms with Crippen molar-refractivity contribution in [3.8, 4) is 0 Å². The zero-order valence-corrected chi connectivity index (χ0v) is 13.0. The van der Waals surface area contributed by atoms with Crippen molar-refractivity contribution in [2.45, 2.75) is 38.2 Å². The van der Waals surface area contributed by atoms with Crippen molar-refractivity contribution in [3.63, 3.8) is 0 Å². The predicted molar refractivity (Wildman–Crippen MR) is 87.5 cm³/mol. The second-order valence-electron chi connectivity index (χ2n) is 5.83. The number of rotatable bonds is 6. The van der Waals surface area contributed by atoms with Gasteiger partial charge in [-0.05, 0) is 25.3 Å². The largest absolute Gasteiger partial charge is 0.378 e. The van der Waals surface area contributed by atoms with E-state index in [0.29, 0.717) is 30.0 Å². The third kappa shape index (κ3) is 3.76. The van der Waals surface area contributed by atoms with Gasteiger partial charge in [0, 0.05) is 18.5 Å². The number of nitrogens with zero attached hydrogens (tertiary/aromatic N) is 1. The number of H-pyrrole nitrogens is 1. The molecule has 6 heteroatoms. The Balaban J connectivity index is 1.54. The predicted octanol–water partition coefficient (Wildman–Crippen LogP) is 2.00. The SMILES string of the molecule is O=C(NCCCOC1CCCC1)c1n[nH]c(=O)c2ccccc12. The summed E-state index contributed by atoms with van der Waals surface area (Å²) in [6, 6.07) is 6.97. The van der Waals surface area contributed by atoms with E-state index in [9.17, 15) is 9.59 Å². The molecule has 1 amide bonds. The van der Waals surface area contributed by atoms with Crippen molar-refractivity contribution in [2.75, 3.05) is 13.2 Å². The Morgan fingerprint density at radius 1 is 1.26 bits per heavy atom. The smallest absolute Gasteiger partial charge is 0.272 e. The van der Waals surface area contributed by atoms with Crippen molar-refractivity contribution in [1.29, 1.82) is 0 Å². The first-order valence-corrected chi connectivity index (χ1v) is 8.13. The molecule has 1 aliphatic rings. The topological polar surface area (TPSA) is 84.1 Å². The van der Waals surface area contributed by atoms with E-state index in [-0.39, 0.29) is 17.2 Å². The molecule has 0 atom stereocenters. The fourth-order valence-corrected chi connectivity index (χ4v) is 2.95. The van der Waals surface area contributed by atoms with Gasteiger partial charge in [-0.3, -0.25) is 9.59 Å². The van der Waals surface area contributed by atoms with E-state index in [1.54, 1.807) is 24.3 Å². The van der Waals surface area contributed by atoms with Gasteiger partial charge in [-0.15, -0.1) is 0 Å². The minimum Gasteiger partial charge on any atom is -0.378 e. The van der Waals surface area contributed by atoms with Gasteiger partial charge in [0.2, 0.25) is 0 Å². The monoisotopic (exact) mass is 315 g/mol. The average Bonchev–Trinajstić information content (AvgIpc) is 3.08. The quantitative estimate of drug-likeness (QED) is 0.799. The highest BCUT2D eigenvalue weighted by molar-refractivity contribution is 6.04. The van der Waals surface area contributed by atoms with Gasteiger partial charge < -0.3 is 10.1 Å². The van der Waals surface area contributed by atoms with Crippen LogP contribution in [-0.2, 0) is 4.74 Å². The van der Waals surface area contributed by atoms with Gasteiger partial charge >= 0.3 is 0 Å². The summed E-state index contributed by atoms with van der Waals surface area (Å²) in [6.07, 6.45) is 5.98. The van der Waals surface area contributed by atoms with Crippen LogP contribution in [-0.4, -0.2) is 35.4 Å². The Kier molecular flexibility index (Phi) is 5.02. The molecular weight excluding hydrogens is 294 g/mol. The minimum absolute atomic E-state index is 0.247. The first kappa shape index (κ1) is 15.7. The highest BCUT2D eigenvalue weighted by atomic mass is 16.5. The van der Waals surface area contributed by atoms with Crippen LogP contribution in [0.15, 0.2) is 29.1 Å². The van der Waals surface area contributed by atoms with Crippen LogP contribution in [0.1, 0.15) is 42.6 Å². The zero-order chi connectivity index (χ0) is 16.1. The van der Waals surface area contributed by atoms with Crippen LogP contribution in [0.4, 0.5) is 0 Å². The van der Waals surface area contributed by atoms with Gasteiger partial charge in [-0.2, -0.15) is 5.10 Å². The molecule has 0 radical (unpaired) electrons. The molecule has 0 spiro atoms. The molecule has 0 unspecified atom stereocenters. The Labute approximate surface area is 134 Å². The molecule has 1 heterocycles. The summed E-state index contributed by atoms with van der Waals surface area (Å²) in [4.78, 5) is 24.0. The highest BCUT2D eigenvalue weighted by Crippen LogP contribution is 2.20. The lowest BCUT2D eigenvalue weighted by Gasteiger charge is -2.11. The average molecular weight is 315 g/mol. The van der Waals surface area contributed by atoms with Gasteiger partial charge in [0.05, 0.1) is 11.5 Å². The maximum Gasteiger partial charge on any atom is 0.272 e. The molecule has 2 aromatic rings. The summed E-state index contributed by atoms with van der Waals surface area (Å²) in [7, 11) is 0. The number of carbonyl (C=O) groups excluding carboxylic acids is 1. The number of benzene rings is 1. The lowest BCUT2D eigenvalue weighted by atomic mass is 10.1. The first-order chi connectivity index (χ1) is 11.3. The summed E-state index contributed by atoms with van der Waals surface area (Å²) in [5.74, 6) is -0.279. The van der Waals surface area contributed by atoms with Crippen molar-refractivity contribution < 1.29 is 9.53 Å². The maximum atomic E-state index is 12.3. The van der Waals surface area contributed by atoms with Crippen molar-refractivity contribution >= 4 is 16.7 Å². The first-order valence-electron chi connectivity index (χ1n) is 8.13. The molecule has 0 aliphatic heterocycles. The van der Waals surface area contributed by atoms with E-state index >= 15 is 0 Å². The number of hydrogen-bond donors (Lipinski definition) is 2. The normalized spacial score (nSPS) is 15.1. The number of carbonyl (C=O) groups is 1. The number of hydrogen-bond acceptors (Lipinski definition) is 4. The molecule has 1 saturated carbocycles. The van der Waals surface area contributed by atoms with Gasteiger partial charge in [0.15, 0.2) is 5.69 Å². The molecule has 122 valence electrons. The molecule has 6 nitrogen and oxygen atoms in total. The second-order valence-corrected chi connectivity index (χ2v) is 5.83. The molecule has 0 saturated heterocycles. The lowest BCUT2D eigenvalue weighted by molar-refractivity contribution is 0.0565. The standard InChI is InChI=1S/C17H21N3O3/c21-16-14-9-4-3-8-13(14)15(19-20-16)17(22)18-10-5-11-23-12-6-1-2-7-12/h3-4,8-9,12H,1-2,5-7,10-11H2,(H,18,22)(H,20,21). The van der Waals surface area contributed by atoms with Crippen LogP contribution < -0.4 is 10.9 Å². The van der Waals surface area contributed by atoms with Crippen molar-refractivity contribution in [1.82, 2.24) is 15.5 Å². The number of aromatic nitrogens is 2. The minimum atomic E-state index is -0.290. The number of aromatic amines is 1. The fraction of sp³-hybridized carbons (Fsp3) is 0.471. The molecule has 3 rings (SSSR count). The molecule has 1 fully saturated rings. The van der Waals surface area contributed by atoms with E-state index in [4.69, 9.17) is 4.74 Å². The van der Waals surface area contributed by atoms with Crippen LogP contribution >= 0.6 is 0 Å². The van der Waals surface area contributed by atoms with E-state index in [1.165, 1.54) is 12.8 Å². The van der Waals surface area contributed by atoms with Gasteiger partial charge in [-0.1, -0.05) is 31.0 Å². The molecule has 1 aliphatic carbocycles. The summed E-state index contributed by atoms with van der Waals surface area (Å²) >= 11 is 0. The highest BCUT2D eigenvalue weighted by Gasteiger charge is 2.15. The van der Waals surface area contributed by atoms with Gasteiger partial charge in [0.1, 0.15) is 0 Å². The van der Waals surface area contributed by atoms with Crippen LogP contribution in [0.5, 0.6) is 0 Å². The summed E-state index contributed by atoms with van der Waals surface area (Å²) in [5, 5.41) is 10.1. The summed E-state index contributed by atoms with van der Waals surface area (Å²) in [6.45, 7) is 1.19. The Morgan fingerprint density at radius 2 is 2.00 bits per heavy atom. The number of ether oxygens (including phenoxy) is 1. The van der Waals surface area contributed by atoms with E-state index in [1.807, 2.05) is 0 Å². The summed E-state index contributed by atoms with van der Waals surface area (Å²) < 4.78 is 5.76. The zero-order valence-electron chi connectivity index (χ0n) is 13.0. The van der Waals surface area contributed by atoms with Gasteiger partial charge in [0.25, 0.3) is 11.5 Å². The maximum absolute atomic E-state index is 12.3. The third-order valence-corrected chi connectivity index (χ3v) is 4.17. The third-order valence-electron chi connectivity index (χ3n) is 4.17. The molecule has 23 heavy (non-hydrogen) atoms. The molecule has 1 aromatic heterocycles. The number of nitrogens with one attached hydrogen (secondary N) is 2. The molecule has 0 bridgehead atoms. The van der Waals surface area contributed by atoms with Crippen LogP contribution in [0.25, 0.3) is 10.8 Å². The second kappa shape index (κ2) is 7.37. The van der Waals surface area contributed by atoms with Crippen molar-refractivity contribution in [2.24, 2.45) is 0 Å². The Morgan fingerprint density at radius 3 is 2.78 bits per heavy atom. The van der Waals surface area contributed by atoms with E-state index in [0.717, 1.165) is 19.3 Å². The lowest BCUT2D eigenvalue weighted by Crippen LogP contribution is -2.28. The number of fused-ring (bicyclic) bond motifs is 1. The van der Waals surface area contributed by atoms with E-state index in [2.05, 4.69) is 15.5 Å². The van der Waals surface area contributed by atoms with Gasteiger partial charge in [-0.25, -0.2) is 5.10 Å². The van der Waals surface area contributed by atoms with E-state index < -0.39 is 0 Å². The Hall–Kier alpha value is -2.21. The number of amides is 1. The van der Waals surface area contributed by atoms with Crippen LogP contribution in [0.3, 0.4) is 0 Å². The molecular formula is C17H21N3O3. The molecule has 2 N–H and O–H groups in total. The van der Waals surface area contributed by atoms with Crippen molar-refractivity contribution in [3.05, 3.63) is 40.3 Å². The van der Waals surface area contributed by atoms with Crippen LogP contribution in [0.2, 0.25) is 0 Å². The Bertz CT molecular complexity index is 735. The fourth-order valence-electron chi connectivity index (χ4n) is 2.95. The van der Waals surface area contributed by atoms with Crippen LogP contribution in [0, 0.1) is 0 Å². The summed E-state index contributed by atoms with van der Waals surface area (Å²) in [5.41, 5.74) is -0.0426.